The Morgan fingerprint density at radius 1 is 1.47 bits per heavy atom. The number of carbonyl (C=O) groups excluding carboxylic acids is 1. The molecule has 1 aliphatic rings. The number of aliphatic carboxylic acids is 1. The Morgan fingerprint density at radius 2 is 2.18 bits per heavy atom. The number of rotatable bonds is 6. The average molecular weight is 240 g/mol. The van der Waals surface area contributed by atoms with Gasteiger partial charge in [-0.15, -0.1) is 0 Å². The van der Waals surface area contributed by atoms with Crippen molar-refractivity contribution in [2.45, 2.75) is 58.8 Å². The number of carbonyl (C=O) groups is 2. The Morgan fingerprint density at radius 3 is 2.71 bits per heavy atom. The van der Waals surface area contributed by atoms with Gasteiger partial charge in [-0.05, 0) is 31.6 Å². The summed E-state index contributed by atoms with van der Waals surface area (Å²) < 4.78 is 0. The second-order valence-electron chi connectivity index (χ2n) is 5.36. The molecule has 0 aromatic carbocycles. The molecule has 0 aromatic heterocycles. The minimum absolute atomic E-state index is 0.113. The molecule has 3 heteroatoms. The van der Waals surface area contributed by atoms with Crippen molar-refractivity contribution in [3.63, 3.8) is 0 Å². The third kappa shape index (κ3) is 4.14. The lowest BCUT2D eigenvalue weighted by molar-refractivity contribution is -0.143. The smallest absolute Gasteiger partial charge is 0.306 e. The zero-order chi connectivity index (χ0) is 12.8. The van der Waals surface area contributed by atoms with Crippen LogP contribution in [0.3, 0.4) is 0 Å². The first-order valence-corrected chi connectivity index (χ1v) is 6.81. The highest BCUT2D eigenvalue weighted by atomic mass is 16.4. The monoisotopic (exact) mass is 240 g/mol. The maximum atomic E-state index is 11.8. The molecule has 0 saturated heterocycles. The first-order chi connectivity index (χ1) is 8.06. The standard InChI is InChI=1S/C14H24O3/c1-3-6-11(14(16)17)9-10(2)12-7-4-5-8-13(12)15/h10-12H,3-9H2,1-2H3,(H,16,17). The molecule has 1 aliphatic carbocycles. The highest BCUT2D eigenvalue weighted by Crippen LogP contribution is 2.31. The first-order valence-electron chi connectivity index (χ1n) is 6.81. The summed E-state index contributed by atoms with van der Waals surface area (Å²) in [6.07, 6.45) is 6.05. The van der Waals surface area contributed by atoms with E-state index < -0.39 is 5.97 Å². The predicted molar refractivity (Wildman–Crippen MR) is 66.8 cm³/mol. The summed E-state index contributed by atoms with van der Waals surface area (Å²) in [5.41, 5.74) is 0. The van der Waals surface area contributed by atoms with Crippen LogP contribution in [0.4, 0.5) is 0 Å². The summed E-state index contributed by atoms with van der Waals surface area (Å²) in [5, 5.41) is 9.13. The predicted octanol–water partition coefficient (Wildman–Crippen LogP) is 3.27. The molecule has 0 heterocycles. The van der Waals surface area contributed by atoms with Crippen molar-refractivity contribution >= 4 is 11.8 Å². The molecule has 0 spiro atoms. The quantitative estimate of drug-likeness (QED) is 0.775. The normalized spacial score (nSPS) is 24.4. The van der Waals surface area contributed by atoms with Gasteiger partial charge in [0, 0.05) is 12.3 Å². The lowest BCUT2D eigenvalue weighted by Crippen LogP contribution is -2.28. The van der Waals surface area contributed by atoms with Gasteiger partial charge in [-0.2, -0.15) is 0 Å². The Bertz CT molecular complexity index is 273. The topological polar surface area (TPSA) is 54.4 Å². The summed E-state index contributed by atoms with van der Waals surface area (Å²) in [5.74, 6) is -0.297. The van der Waals surface area contributed by atoms with E-state index in [9.17, 15) is 9.59 Å². The molecule has 98 valence electrons. The number of Topliss-reactive ketones (excluding diaryl/α,β-unsaturated/α-hetero) is 1. The summed E-state index contributed by atoms with van der Waals surface area (Å²) in [7, 11) is 0. The van der Waals surface area contributed by atoms with Gasteiger partial charge in [-0.3, -0.25) is 9.59 Å². The van der Waals surface area contributed by atoms with Crippen LogP contribution in [0, 0.1) is 17.8 Å². The fourth-order valence-electron chi connectivity index (χ4n) is 2.92. The van der Waals surface area contributed by atoms with Crippen LogP contribution in [-0.4, -0.2) is 16.9 Å². The Kier molecular flexibility index (Phi) is 5.66. The van der Waals surface area contributed by atoms with Crippen molar-refractivity contribution in [3.05, 3.63) is 0 Å². The second kappa shape index (κ2) is 6.77. The van der Waals surface area contributed by atoms with E-state index in [2.05, 4.69) is 0 Å². The molecule has 1 N–H and O–H groups in total. The summed E-state index contributed by atoms with van der Waals surface area (Å²) in [6, 6.07) is 0. The van der Waals surface area contributed by atoms with Crippen LogP contribution in [0.25, 0.3) is 0 Å². The van der Waals surface area contributed by atoms with E-state index in [0.717, 1.165) is 32.1 Å². The summed E-state index contributed by atoms with van der Waals surface area (Å²) in [4.78, 5) is 22.9. The molecule has 3 unspecified atom stereocenters. The highest BCUT2D eigenvalue weighted by molar-refractivity contribution is 5.82. The minimum Gasteiger partial charge on any atom is -0.481 e. The van der Waals surface area contributed by atoms with Crippen molar-refractivity contribution in [1.82, 2.24) is 0 Å². The van der Waals surface area contributed by atoms with Crippen LogP contribution >= 0.6 is 0 Å². The third-order valence-corrected chi connectivity index (χ3v) is 3.93. The van der Waals surface area contributed by atoms with E-state index in [-0.39, 0.29) is 17.8 Å². The molecule has 17 heavy (non-hydrogen) atoms. The maximum absolute atomic E-state index is 11.8. The molecule has 3 nitrogen and oxygen atoms in total. The van der Waals surface area contributed by atoms with Gasteiger partial charge >= 0.3 is 5.97 Å². The van der Waals surface area contributed by atoms with E-state index in [1.165, 1.54) is 0 Å². The second-order valence-corrected chi connectivity index (χ2v) is 5.36. The van der Waals surface area contributed by atoms with Crippen molar-refractivity contribution < 1.29 is 14.7 Å². The molecule has 0 aliphatic heterocycles. The van der Waals surface area contributed by atoms with Crippen LogP contribution in [0.2, 0.25) is 0 Å². The Hall–Kier alpha value is -0.860. The molecule has 0 bridgehead atoms. The Balaban J connectivity index is 2.53. The van der Waals surface area contributed by atoms with Gasteiger partial charge in [-0.25, -0.2) is 0 Å². The molecule has 0 amide bonds. The van der Waals surface area contributed by atoms with Crippen LogP contribution < -0.4 is 0 Å². The van der Waals surface area contributed by atoms with Crippen LogP contribution in [0.1, 0.15) is 58.8 Å². The van der Waals surface area contributed by atoms with Crippen LogP contribution in [0.15, 0.2) is 0 Å². The lowest BCUT2D eigenvalue weighted by atomic mass is 9.76. The van der Waals surface area contributed by atoms with E-state index in [1.54, 1.807) is 0 Å². The molecule has 3 atom stereocenters. The van der Waals surface area contributed by atoms with Crippen LogP contribution in [0.5, 0.6) is 0 Å². The lowest BCUT2D eigenvalue weighted by Gasteiger charge is -2.28. The number of ketones is 1. The van der Waals surface area contributed by atoms with Crippen molar-refractivity contribution in [2.24, 2.45) is 17.8 Å². The van der Waals surface area contributed by atoms with E-state index in [4.69, 9.17) is 5.11 Å². The fraction of sp³-hybridized carbons (Fsp3) is 0.857. The summed E-state index contributed by atoms with van der Waals surface area (Å²) in [6.45, 7) is 4.05. The number of hydrogen-bond donors (Lipinski definition) is 1. The van der Waals surface area contributed by atoms with Crippen LogP contribution in [-0.2, 0) is 9.59 Å². The molecule has 1 fully saturated rings. The van der Waals surface area contributed by atoms with E-state index in [0.29, 0.717) is 18.6 Å². The van der Waals surface area contributed by atoms with Gasteiger partial charge in [0.25, 0.3) is 0 Å². The van der Waals surface area contributed by atoms with Crippen molar-refractivity contribution in [3.8, 4) is 0 Å². The highest BCUT2D eigenvalue weighted by Gasteiger charge is 2.30. The van der Waals surface area contributed by atoms with Gasteiger partial charge in [-0.1, -0.05) is 26.7 Å². The minimum atomic E-state index is -0.707. The van der Waals surface area contributed by atoms with Gasteiger partial charge in [0.2, 0.25) is 0 Å². The molecule has 1 rings (SSSR count). The van der Waals surface area contributed by atoms with Crippen molar-refractivity contribution in [1.29, 1.82) is 0 Å². The SMILES string of the molecule is CCCC(CC(C)C1CCCCC1=O)C(=O)O. The van der Waals surface area contributed by atoms with Gasteiger partial charge in [0.05, 0.1) is 5.92 Å². The molecule has 0 aromatic rings. The van der Waals surface area contributed by atoms with Gasteiger partial charge in [0.1, 0.15) is 5.78 Å². The molecule has 0 radical (unpaired) electrons. The summed E-state index contributed by atoms with van der Waals surface area (Å²) >= 11 is 0. The first kappa shape index (κ1) is 14.2. The molecular formula is C14H24O3. The third-order valence-electron chi connectivity index (χ3n) is 3.93. The van der Waals surface area contributed by atoms with Crippen molar-refractivity contribution in [2.75, 3.05) is 0 Å². The molecule has 1 saturated carbocycles. The van der Waals surface area contributed by atoms with E-state index in [1.807, 2.05) is 13.8 Å². The number of hydrogen-bond acceptors (Lipinski definition) is 2. The van der Waals surface area contributed by atoms with Gasteiger partial charge in [0.15, 0.2) is 0 Å². The molecular weight excluding hydrogens is 216 g/mol. The van der Waals surface area contributed by atoms with E-state index >= 15 is 0 Å². The zero-order valence-electron chi connectivity index (χ0n) is 10.9. The Labute approximate surface area is 104 Å². The number of carboxylic acid groups (broad SMARTS) is 1. The largest absolute Gasteiger partial charge is 0.481 e. The fourth-order valence-corrected chi connectivity index (χ4v) is 2.92. The average Bonchev–Trinajstić information content (AvgIpc) is 2.28. The number of carboxylic acids is 1. The van der Waals surface area contributed by atoms with Gasteiger partial charge < -0.3 is 5.11 Å². The maximum Gasteiger partial charge on any atom is 0.306 e. The zero-order valence-corrected chi connectivity index (χ0v) is 10.9.